The van der Waals surface area contributed by atoms with E-state index in [0.29, 0.717) is 0 Å². The van der Waals surface area contributed by atoms with E-state index in [1.807, 2.05) is 20.2 Å². The molecule has 0 aromatic carbocycles. The van der Waals surface area contributed by atoms with E-state index in [4.69, 9.17) is 5.84 Å². The van der Waals surface area contributed by atoms with Gasteiger partial charge in [-0.15, -0.1) is 0 Å². The van der Waals surface area contributed by atoms with Gasteiger partial charge in [0.15, 0.2) is 5.65 Å². The van der Waals surface area contributed by atoms with Gasteiger partial charge in [-0.3, -0.25) is 4.68 Å². The summed E-state index contributed by atoms with van der Waals surface area (Å²) >= 11 is 0. The fourth-order valence-corrected chi connectivity index (χ4v) is 1.46. The fourth-order valence-electron chi connectivity index (χ4n) is 1.46. The van der Waals surface area contributed by atoms with E-state index < -0.39 is 0 Å². The van der Waals surface area contributed by atoms with Crippen molar-refractivity contribution >= 4 is 16.9 Å². The topological polar surface area (TPSA) is 68.8 Å². The van der Waals surface area contributed by atoms with Crippen molar-refractivity contribution in [2.24, 2.45) is 0 Å². The van der Waals surface area contributed by atoms with Crippen LogP contribution in [0, 0.1) is 6.92 Å². The normalized spacial score (nSPS) is 10.6. The number of hydrogen-bond acceptors (Lipinski definition) is 4. The smallest absolute Gasteiger partial charge is 0.163 e. The maximum atomic E-state index is 5.70. The fraction of sp³-hybridized carbons (Fsp3) is 0.250. The number of aromatic nitrogens is 3. The summed E-state index contributed by atoms with van der Waals surface area (Å²) in [5.41, 5.74) is 1.82. The molecule has 5 nitrogen and oxygen atoms in total. The van der Waals surface area contributed by atoms with Gasteiger partial charge in [-0.2, -0.15) is 0 Å². The Hall–Kier alpha value is -1.78. The Morgan fingerprint density at radius 1 is 1.46 bits per heavy atom. The van der Waals surface area contributed by atoms with Crippen LogP contribution in [-0.4, -0.2) is 21.7 Å². The summed E-state index contributed by atoms with van der Waals surface area (Å²) in [5.74, 6) is 6.51. The highest BCUT2D eigenvalue weighted by Crippen LogP contribution is 2.22. The number of nitrogen functional groups attached to an aromatic ring is 1. The van der Waals surface area contributed by atoms with E-state index in [-0.39, 0.29) is 0 Å². The van der Waals surface area contributed by atoms with Crippen molar-refractivity contribution in [1.82, 2.24) is 14.6 Å². The molecule has 2 heterocycles. The Morgan fingerprint density at radius 2 is 2.23 bits per heavy atom. The molecule has 68 valence electrons. The highest BCUT2D eigenvalue weighted by Gasteiger charge is 2.08. The van der Waals surface area contributed by atoms with Crippen LogP contribution in [0.1, 0.15) is 5.56 Å². The molecule has 0 bridgehead atoms. The first kappa shape index (κ1) is 7.85. The van der Waals surface area contributed by atoms with Crippen molar-refractivity contribution in [3.05, 3.63) is 18.1 Å². The summed E-state index contributed by atoms with van der Waals surface area (Å²) in [4.78, 5) is 8.21. The molecule has 13 heavy (non-hydrogen) atoms. The zero-order valence-electron chi connectivity index (χ0n) is 7.57. The lowest BCUT2D eigenvalue weighted by molar-refractivity contribution is 1.02. The molecule has 0 aliphatic heterocycles. The molecular formula is C8H11N5. The van der Waals surface area contributed by atoms with Crippen molar-refractivity contribution in [1.29, 1.82) is 0 Å². The standard InChI is InChI=1S/C8H11N5/c1-5-3-13(9)8-6(5)7(10-2)11-4-12-8/h3-4H,9H2,1-2H3,(H,10,11,12). The molecule has 3 N–H and O–H groups in total. The quantitative estimate of drug-likeness (QED) is 0.622. The number of aryl methyl sites for hydroxylation is 1. The summed E-state index contributed by atoms with van der Waals surface area (Å²) in [7, 11) is 1.83. The maximum Gasteiger partial charge on any atom is 0.163 e. The van der Waals surface area contributed by atoms with Gasteiger partial charge >= 0.3 is 0 Å². The molecule has 0 unspecified atom stereocenters. The third kappa shape index (κ3) is 1.00. The van der Waals surface area contributed by atoms with Crippen molar-refractivity contribution < 1.29 is 0 Å². The van der Waals surface area contributed by atoms with Gasteiger partial charge in [-0.1, -0.05) is 0 Å². The average molecular weight is 177 g/mol. The van der Waals surface area contributed by atoms with Gasteiger partial charge < -0.3 is 11.2 Å². The van der Waals surface area contributed by atoms with Crippen molar-refractivity contribution in [3.63, 3.8) is 0 Å². The molecule has 0 spiro atoms. The van der Waals surface area contributed by atoms with Gasteiger partial charge in [0.25, 0.3) is 0 Å². The first-order valence-corrected chi connectivity index (χ1v) is 3.99. The van der Waals surface area contributed by atoms with Crippen LogP contribution < -0.4 is 11.2 Å². The highest BCUT2D eigenvalue weighted by molar-refractivity contribution is 5.90. The Kier molecular flexibility index (Phi) is 1.58. The lowest BCUT2D eigenvalue weighted by Crippen LogP contribution is -2.06. The lowest BCUT2D eigenvalue weighted by atomic mass is 10.2. The molecule has 0 fully saturated rings. The number of fused-ring (bicyclic) bond motifs is 1. The number of rotatable bonds is 1. The first-order chi connectivity index (χ1) is 6.24. The van der Waals surface area contributed by atoms with E-state index in [9.17, 15) is 0 Å². The third-order valence-corrected chi connectivity index (χ3v) is 2.04. The van der Waals surface area contributed by atoms with Crippen molar-refractivity contribution in [2.75, 3.05) is 18.2 Å². The van der Waals surface area contributed by atoms with Gasteiger partial charge in [-0.05, 0) is 12.5 Å². The zero-order chi connectivity index (χ0) is 9.42. The molecule has 0 radical (unpaired) electrons. The molecule has 2 aromatic rings. The summed E-state index contributed by atoms with van der Waals surface area (Å²) in [6, 6.07) is 0. The van der Waals surface area contributed by atoms with Crippen LogP contribution in [-0.2, 0) is 0 Å². The van der Waals surface area contributed by atoms with Gasteiger partial charge in [0.1, 0.15) is 12.1 Å². The Balaban J connectivity index is 2.88. The second-order valence-corrected chi connectivity index (χ2v) is 2.89. The number of hydrogen-bond donors (Lipinski definition) is 2. The van der Waals surface area contributed by atoms with E-state index in [0.717, 1.165) is 22.4 Å². The van der Waals surface area contributed by atoms with Gasteiger partial charge in [0, 0.05) is 13.2 Å². The minimum Gasteiger partial charge on any atom is -0.372 e. The minimum absolute atomic E-state index is 0.747. The summed E-state index contributed by atoms with van der Waals surface area (Å²) in [6.07, 6.45) is 3.33. The molecule has 0 saturated heterocycles. The zero-order valence-corrected chi connectivity index (χ0v) is 7.57. The Bertz CT molecular complexity index is 445. The molecule has 2 aromatic heterocycles. The van der Waals surface area contributed by atoms with Crippen LogP contribution in [0.2, 0.25) is 0 Å². The van der Waals surface area contributed by atoms with Crippen LogP contribution in [0.4, 0.5) is 5.82 Å². The molecule has 5 heteroatoms. The summed E-state index contributed by atoms with van der Waals surface area (Å²) in [6.45, 7) is 1.98. The minimum atomic E-state index is 0.747. The molecule has 0 atom stereocenters. The van der Waals surface area contributed by atoms with Crippen LogP contribution in [0.3, 0.4) is 0 Å². The second-order valence-electron chi connectivity index (χ2n) is 2.89. The third-order valence-electron chi connectivity index (χ3n) is 2.04. The molecule has 0 amide bonds. The van der Waals surface area contributed by atoms with Crippen molar-refractivity contribution in [3.8, 4) is 0 Å². The highest BCUT2D eigenvalue weighted by atomic mass is 15.3. The lowest BCUT2D eigenvalue weighted by Gasteiger charge is -2.00. The monoisotopic (exact) mass is 177 g/mol. The van der Waals surface area contributed by atoms with Gasteiger partial charge in [-0.25, -0.2) is 9.97 Å². The Morgan fingerprint density at radius 3 is 2.92 bits per heavy atom. The van der Waals surface area contributed by atoms with Crippen LogP contribution in [0.5, 0.6) is 0 Å². The molecule has 2 rings (SSSR count). The number of anilines is 1. The largest absolute Gasteiger partial charge is 0.372 e. The first-order valence-electron chi connectivity index (χ1n) is 3.99. The van der Waals surface area contributed by atoms with Crippen LogP contribution in [0.25, 0.3) is 11.0 Å². The van der Waals surface area contributed by atoms with Gasteiger partial charge in [0.2, 0.25) is 0 Å². The number of nitrogens with one attached hydrogen (secondary N) is 1. The average Bonchev–Trinajstić information content (AvgIpc) is 2.43. The maximum absolute atomic E-state index is 5.70. The van der Waals surface area contributed by atoms with Crippen molar-refractivity contribution in [2.45, 2.75) is 6.92 Å². The summed E-state index contributed by atoms with van der Waals surface area (Å²) in [5, 5.41) is 3.98. The van der Waals surface area contributed by atoms with E-state index in [1.54, 1.807) is 0 Å². The molecule has 0 aliphatic rings. The van der Waals surface area contributed by atoms with Crippen LogP contribution >= 0.6 is 0 Å². The second kappa shape index (κ2) is 2.62. The molecule has 0 aliphatic carbocycles. The van der Waals surface area contributed by atoms with E-state index in [2.05, 4.69) is 15.3 Å². The van der Waals surface area contributed by atoms with Gasteiger partial charge in [0.05, 0.1) is 5.39 Å². The van der Waals surface area contributed by atoms with E-state index in [1.165, 1.54) is 11.0 Å². The van der Waals surface area contributed by atoms with Crippen LogP contribution in [0.15, 0.2) is 12.5 Å². The molecular weight excluding hydrogens is 166 g/mol. The molecule has 0 saturated carbocycles. The predicted octanol–water partition coefficient (Wildman–Crippen LogP) is 0.495. The Labute approximate surface area is 75.6 Å². The predicted molar refractivity (Wildman–Crippen MR) is 52.0 cm³/mol. The number of nitrogens with two attached hydrogens (primary N) is 1. The summed E-state index contributed by atoms with van der Waals surface area (Å²) < 4.78 is 1.51. The van der Waals surface area contributed by atoms with E-state index >= 15 is 0 Å². The number of nitrogens with zero attached hydrogens (tertiary/aromatic N) is 3. The SMILES string of the molecule is CNc1ncnc2c1c(C)cn2N.